The van der Waals surface area contributed by atoms with Gasteiger partial charge < -0.3 is 5.32 Å². The fraction of sp³-hybridized carbons (Fsp3) is 0.0714. The molecule has 0 saturated heterocycles. The summed E-state index contributed by atoms with van der Waals surface area (Å²) in [7, 11) is 0. The highest BCUT2D eigenvalue weighted by Crippen LogP contribution is 2.08. The Morgan fingerprint density at radius 3 is 2.50 bits per heavy atom. The maximum absolute atomic E-state index is 11.8. The molecule has 90 valence electrons. The van der Waals surface area contributed by atoms with Gasteiger partial charge in [0.15, 0.2) is 0 Å². The lowest BCUT2D eigenvalue weighted by Crippen LogP contribution is -2.22. The molecule has 1 heterocycles. The number of ketones is 1. The van der Waals surface area contributed by atoms with Gasteiger partial charge in [-0.2, -0.15) is 0 Å². The summed E-state index contributed by atoms with van der Waals surface area (Å²) in [5, 5.41) is 2.55. The maximum Gasteiger partial charge on any atom is 0.296 e. The lowest BCUT2D eigenvalue weighted by atomic mass is 10.1. The molecule has 0 aliphatic rings. The highest BCUT2D eigenvalue weighted by Gasteiger charge is 2.15. The topological polar surface area (TPSA) is 59.1 Å². The molecule has 0 spiro atoms. The van der Waals surface area contributed by atoms with E-state index in [9.17, 15) is 9.59 Å². The summed E-state index contributed by atoms with van der Waals surface area (Å²) < 4.78 is 0. The Morgan fingerprint density at radius 1 is 1.11 bits per heavy atom. The summed E-state index contributed by atoms with van der Waals surface area (Å²) in [5.74, 6) is -1.20. The standard InChI is InChI=1S/C14H12N2O2/c1-10-9-12(7-8-15-10)16-14(18)13(17)11-5-3-2-4-6-11/h2-9H,1H3,(H,15,16,18). The van der Waals surface area contributed by atoms with Crippen molar-refractivity contribution in [3.8, 4) is 0 Å². The number of carbonyl (C=O) groups excluding carboxylic acids is 2. The molecule has 2 aromatic rings. The highest BCUT2D eigenvalue weighted by atomic mass is 16.2. The van der Waals surface area contributed by atoms with Gasteiger partial charge in [0.2, 0.25) is 0 Å². The van der Waals surface area contributed by atoms with Gasteiger partial charge in [0.25, 0.3) is 11.7 Å². The molecule has 0 radical (unpaired) electrons. The van der Waals surface area contributed by atoms with Crippen LogP contribution in [-0.4, -0.2) is 16.7 Å². The predicted molar refractivity (Wildman–Crippen MR) is 68.4 cm³/mol. The van der Waals surface area contributed by atoms with Crippen LogP contribution >= 0.6 is 0 Å². The van der Waals surface area contributed by atoms with Crippen molar-refractivity contribution in [2.75, 3.05) is 5.32 Å². The highest BCUT2D eigenvalue weighted by molar-refractivity contribution is 6.46. The third kappa shape index (κ3) is 2.79. The zero-order valence-electron chi connectivity index (χ0n) is 9.88. The molecule has 0 saturated carbocycles. The lowest BCUT2D eigenvalue weighted by Gasteiger charge is -2.04. The van der Waals surface area contributed by atoms with Gasteiger partial charge in [0, 0.05) is 23.1 Å². The number of rotatable bonds is 3. The van der Waals surface area contributed by atoms with Crippen LogP contribution in [0.5, 0.6) is 0 Å². The summed E-state index contributed by atoms with van der Waals surface area (Å²) in [6.07, 6.45) is 1.58. The van der Waals surface area contributed by atoms with E-state index in [2.05, 4.69) is 10.3 Å². The molecule has 1 aromatic heterocycles. The van der Waals surface area contributed by atoms with Crippen LogP contribution in [0.2, 0.25) is 0 Å². The fourth-order valence-electron chi connectivity index (χ4n) is 1.53. The van der Waals surface area contributed by atoms with Gasteiger partial charge in [0.1, 0.15) is 0 Å². The number of amides is 1. The van der Waals surface area contributed by atoms with E-state index in [0.29, 0.717) is 11.3 Å². The van der Waals surface area contributed by atoms with Gasteiger partial charge in [-0.25, -0.2) is 0 Å². The molecule has 1 amide bonds. The van der Waals surface area contributed by atoms with E-state index in [0.717, 1.165) is 5.69 Å². The number of hydrogen-bond acceptors (Lipinski definition) is 3. The van der Waals surface area contributed by atoms with Crippen molar-refractivity contribution in [2.45, 2.75) is 6.92 Å². The molecule has 1 aromatic carbocycles. The van der Waals surface area contributed by atoms with Crippen molar-refractivity contribution < 1.29 is 9.59 Å². The molecule has 1 N–H and O–H groups in total. The van der Waals surface area contributed by atoms with E-state index in [-0.39, 0.29) is 0 Å². The summed E-state index contributed by atoms with van der Waals surface area (Å²) in [6.45, 7) is 1.81. The number of Topliss-reactive ketones (excluding diaryl/α,β-unsaturated/α-hetero) is 1. The molecule has 0 atom stereocenters. The monoisotopic (exact) mass is 240 g/mol. The molecule has 18 heavy (non-hydrogen) atoms. The van der Waals surface area contributed by atoms with Crippen molar-refractivity contribution in [1.82, 2.24) is 4.98 Å². The van der Waals surface area contributed by atoms with Gasteiger partial charge in [0.05, 0.1) is 0 Å². The molecule has 2 rings (SSSR count). The first-order valence-corrected chi connectivity index (χ1v) is 5.50. The number of anilines is 1. The average Bonchev–Trinajstić information content (AvgIpc) is 2.39. The Balaban J connectivity index is 2.11. The summed E-state index contributed by atoms with van der Waals surface area (Å²) >= 11 is 0. The zero-order valence-corrected chi connectivity index (χ0v) is 9.88. The Morgan fingerprint density at radius 2 is 1.83 bits per heavy atom. The van der Waals surface area contributed by atoms with E-state index in [1.807, 2.05) is 6.92 Å². The number of benzene rings is 1. The first-order valence-electron chi connectivity index (χ1n) is 5.50. The van der Waals surface area contributed by atoms with Gasteiger partial charge in [-0.1, -0.05) is 30.3 Å². The largest absolute Gasteiger partial charge is 0.319 e. The van der Waals surface area contributed by atoms with Crippen LogP contribution in [-0.2, 0) is 4.79 Å². The van der Waals surface area contributed by atoms with Gasteiger partial charge in [-0.3, -0.25) is 14.6 Å². The quantitative estimate of drug-likeness (QED) is 0.661. The van der Waals surface area contributed by atoms with Crippen molar-refractivity contribution in [3.63, 3.8) is 0 Å². The van der Waals surface area contributed by atoms with Crippen molar-refractivity contribution in [1.29, 1.82) is 0 Å². The minimum absolute atomic E-state index is 0.376. The Labute approximate surface area is 105 Å². The molecule has 0 aliphatic heterocycles. The van der Waals surface area contributed by atoms with Gasteiger partial charge in [-0.15, -0.1) is 0 Å². The molecule has 0 unspecified atom stereocenters. The number of carbonyl (C=O) groups is 2. The first kappa shape index (κ1) is 12.0. The van der Waals surface area contributed by atoms with Gasteiger partial charge in [-0.05, 0) is 19.1 Å². The molecule has 4 heteroatoms. The number of aryl methyl sites for hydroxylation is 1. The number of pyridine rings is 1. The van der Waals surface area contributed by atoms with E-state index >= 15 is 0 Å². The van der Waals surface area contributed by atoms with Crippen LogP contribution in [0.4, 0.5) is 5.69 Å². The Kier molecular flexibility index (Phi) is 3.48. The van der Waals surface area contributed by atoms with E-state index in [4.69, 9.17) is 0 Å². The minimum atomic E-state index is -0.646. The summed E-state index contributed by atoms with van der Waals surface area (Å²) in [4.78, 5) is 27.6. The molecular weight excluding hydrogens is 228 g/mol. The number of nitrogens with one attached hydrogen (secondary N) is 1. The third-order valence-electron chi connectivity index (χ3n) is 2.40. The first-order chi connectivity index (χ1) is 8.66. The summed E-state index contributed by atoms with van der Waals surface area (Å²) in [6, 6.07) is 11.8. The number of nitrogens with zero attached hydrogens (tertiary/aromatic N) is 1. The van der Waals surface area contributed by atoms with Crippen molar-refractivity contribution in [2.24, 2.45) is 0 Å². The number of aromatic nitrogens is 1. The van der Waals surface area contributed by atoms with Crippen molar-refractivity contribution >= 4 is 17.4 Å². The van der Waals surface area contributed by atoms with Crippen LogP contribution in [0.15, 0.2) is 48.7 Å². The van der Waals surface area contributed by atoms with E-state index in [1.165, 1.54) is 0 Å². The third-order valence-corrected chi connectivity index (χ3v) is 2.40. The van der Waals surface area contributed by atoms with Gasteiger partial charge >= 0.3 is 0 Å². The molecule has 0 fully saturated rings. The number of hydrogen-bond donors (Lipinski definition) is 1. The molecule has 0 aliphatic carbocycles. The van der Waals surface area contributed by atoms with Crippen LogP contribution in [0, 0.1) is 6.92 Å². The lowest BCUT2D eigenvalue weighted by molar-refractivity contribution is -0.112. The second-order valence-corrected chi connectivity index (χ2v) is 3.84. The molecule has 4 nitrogen and oxygen atoms in total. The second kappa shape index (κ2) is 5.23. The smallest absolute Gasteiger partial charge is 0.296 e. The average molecular weight is 240 g/mol. The minimum Gasteiger partial charge on any atom is -0.319 e. The fourth-order valence-corrected chi connectivity index (χ4v) is 1.53. The van der Waals surface area contributed by atoms with Crippen LogP contribution < -0.4 is 5.32 Å². The van der Waals surface area contributed by atoms with E-state index in [1.54, 1.807) is 48.7 Å². The van der Waals surface area contributed by atoms with Crippen LogP contribution in [0.1, 0.15) is 16.1 Å². The van der Waals surface area contributed by atoms with Crippen LogP contribution in [0.3, 0.4) is 0 Å². The van der Waals surface area contributed by atoms with Crippen LogP contribution in [0.25, 0.3) is 0 Å². The Bertz CT molecular complexity index is 579. The zero-order chi connectivity index (χ0) is 13.0. The maximum atomic E-state index is 11.8. The van der Waals surface area contributed by atoms with E-state index < -0.39 is 11.7 Å². The predicted octanol–water partition coefficient (Wildman–Crippen LogP) is 2.21. The van der Waals surface area contributed by atoms with Crippen molar-refractivity contribution in [3.05, 3.63) is 59.9 Å². The Hall–Kier alpha value is -2.49. The normalized spacial score (nSPS) is 9.83. The molecule has 0 bridgehead atoms. The summed E-state index contributed by atoms with van der Waals surface area (Å²) in [5.41, 5.74) is 1.72. The molecular formula is C14H12N2O2. The second-order valence-electron chi connectivity index (χ2n) is 3.84. The SMILES string of the molecule is Cc1cc(NC(=O)C(=O)c2ccccc2)ccn1.